The molecule has 0 aromatic heterocycles. The number of fused-ring (bicyclic) bond motifs is 4. The van der Waals surface area contributed by atoms with Crippen molar-refractivity contribution in [2.24, 2.45) is 0 Å². The first-order chi connectivity index (χ1) is 26.1. The van der Waals surface area contributed by atoms with Gasteiger partial charge in [0.05, 0.1) is 16.7 Å². The number of cyclic esters (lactones) is 1. The number of aliphatic hydroxyl groups is 1. The van der Waals surface area contributed by atoms with Crippen molar-refractivity contribution in [3.8, 4) is 62.9 Å². The van der Waals surface area contributed by atoms with Crippen LogP contribution in [0.15, 0.2) is 60.7 Å². The van der Waals surface area contributed by atoms with Crippen LogP contribution >= 0.6 is 0 Å². The molecule has 6 rings (SSSR count). The van der Waals surface area contributed by atoms with Crippen molar-refractivity contribution < 1.29 is 93.9 Å². The van der Waals surface area contributed by atoms with Gasteiger partial charge in [0.2, 0.25) is 17.8 Å². The Morgan fingerprint density at radius 3 is 1.82 bits per heavy atom. The molecule has 1 saturated heterocycles. The van der Waals surface area contributed by atoms with Gasteiger partial charge < -0.3 is 74.7 Å². The molecule has 1 fully saturated rings. The summed E-state index contributed by atoms with van der Waals surface area (Å²) in [7, 11) is 0. The lowest BCUT2D eigenvalue weighted by atomic mass is 9.92. The van der Waals surface area contributed by atoms with E-state index in [1.54, 1.807) is 30.3 Å². The molecule has 0 amide bonds. The van der Waals surface area contributed by atoms with Crippen LogP contribution in [0.2, 0.25) is 0 Å². The normalized spacial score (nSPS) is 20.9. The zero-order valence-corrected chi connectivity index (χ0v) is 27.6. The Balaban J connectivity index is 1.46. The molecule has 4 aromatic rings. The monoisotopic (exact) mass is 764 g/mol. The highest BCUT2D eigenvalue weighted by atomic mass is 16.7. The summed E-state index contributed by atoms with van der Waals surface area (Å²) in [6.07, 6.45) is -8.09. The number of phenols is 9. The average molecular weight is 765 g/mol. The van der Waals surface area contributed by atoms with Crippen LogP contribution in [0.5, 0.6) is 51.7 Å². The van der Waals surface area contributed by atoms with Crippen LogP contribution in [0.1, 0.15) is 36.6 Å². The maximum atomic E-state index is 14.0. The van der Waals surface area contributed by atoms with Gasteiger partial charge in [-0.05, 0) is 35.9 Å². The molecule has 286 valence electrons. The first-order valence-corrected chi connectivity index (χ1v) is 15.7. The highest BCUT2D eigenvalue weighted by molar-refractivity contribution is 6.08. The second-order valence-corrected chi connectivity index (χ2v) is 11.9. The molecule has 55 heavy (non-hydrogen) atoms. The number of ether oxygens (including phenoxy) is 5. The Morgan fingerprint density at radius 1 is 0.691 bits per heavy atom. The molecule has 2 heterocycles. The number of rotatable bonds is 5. The van der Waals surface area contributed by atoms with E-state index in [9.17, 15) is 70.2 Å². The van der Waals surface area contributed by atoms with E-state index >= 15 is 0 Å². The summed E-state index contributed by atoms with van der Waals surface area (Å²) in [6, 6.07) is 10.8. The van der Waals surface area contributed by atoms with Gasteiger partial charge in [-0.2, -0.15) is 0 Å². The summed E-state index contributed by atoms with van der Waals surface area (Å²) >= 11 is 0. The number of benzene rings is 4. The zero-order valence-electron chi connectivity index (χ0n) is 27.6. The predicted molar refractivity (Wildman–Crippen MR) is 178 cm³/mol. The van der Waals surface area contributed by atoms with E-state index in [4.69, 9.17) is 23.7 Å². The van der Waals surface area contributed by atoms with Crippen molar-refractivity contribution in [2.75, 3.05) is 6.61 Å². The Kier molecular flexibility index (Phi) is 9.90. The molecule has 19 nitrogen and oxygen atoms in total. The molecule has 2 aliphatic heterocycles. The summed E-state index contributed by atoms with van der Waals surface area (Å²) in [5.41, 5.74) is -3.68. The lowest BCUT2D eigenvalue weighted by Gasteiger charge is -2.42. The van der Waals surface area contributed by atoms with Crippen molar-refractivity contribution >= 4 is 30.0 Å². The second-order valence-electron chi connectivity index (χ2n) is 11.9. The molecule has 19 heteroatoms. The Labute approximate surface area is 306 Å². The van der Waals surface area contributed by atoms with E-state index in [1.165, 1.54) is 6.08 Å². The van der Waals surface area contributed by atoms with Gasteiger partial charge in [-0.3, -0.25) is 0 Å². The Morgan fingerprint density at radius 2 is 1.24 bits per heavy atom. The van der Waals surface area contributed by atoms with Crippen LogP contribution in [-0.2, 0) is 28.5 Å². The van der Waals surface area contributed by atoms with Crippen molar-refractivity contribution in [1.82, 2.24) is 0 Å². The number of aromatic hydroxyl groups is 9. The van der Waals surface area contributed by atoms with Gasteiger partial charge >= 0.3 is 23.9 Å². The summed E-state index contributed by atoms with van der Waals surface area (Å²) in [5.74, 6) is -16.0. The van der Waals surface area contributed by atoms with Crippen LogP contribution in [0, 0.1) is 0 Å². The third kappa shape index (κ3) is 7.06. The zero-order chi connectivity index (χ0) is 39.9. The minimum Gasteiger partial charge on any atom is -0.504 e. The molecule has 4 aromatic carbocycles. The molecule has 5 atom stereocenters. The molecule has 0 unspecified atom stereocenters. The standard InChI is InChI=1S/C36H28O19/c37-17-8-14(9-18(38)25(17)42)33(48)55-32-30(47)36(53-22(41)7-6-13-4-2-1-3-5-13)52-21-12-51-34(49)15-10-19(39)26(43)28(45)23(15)24-16(35(50)54-31(21)32)11-20(40)27(44)29(24)46/h1-11,21,30-32,36-40,42-47H,12H2/b7-6+/t21-,30-,31-,32-,36+/m1/s1. The highest BCUT2D eigenvalue weighted by Gasteiger charge is 2.52. The van der Waals surface area contributed by atoms with E-state index < -0.39 is 141 Å². The first kappa shape index (κ1) is 37.4. The van der Waals surface area contributed by atoms with Gasteiger partial charge in [0.1, 0.15) is 12.7 Å². The van der Waals surface area contributed by atoms with Gasteiger partial charge in [-0.15, -0.1) is 0 Å². The fraction of sp³-hybridized carbons (Fsp3) is 0.167. The van der Waals surface area contributed by atoms with E-state index in [0.717, 1.165) is 6.08 Å². The van der Waals surface area contributed by atoms with Crippen LogP contribution in [0.3, 0.4) is 0 Å². The lowest BCUT2D eigenvalue weighted by Crippen LogP contribution is -2.62. The molecule has 0 bridgehead atoms. The third-order valence-electron chi connectivity index (χ3n) is 8.43. The topological polar surface area (TPSA) is 317 Å². The van der Waals surface area contributed by atoms with Crippen LogP contribution < -0.4 is 0 Å². The largest absolute Gasteiger partial charge is 0.504 e. The van der Waals surface area contributed by atoms with Crippen molar-refractivity contribution in [3.63, 3.8) is 0 Å². The maximum Gasteiger partial charge on any atom is 0.339 e. The fourth-order valence-corrected chi connectivity index (χ4v) is 5.74. The highest BCUT2D eigenvalue weighted by Crippen LogP contribution is 2.53. The molecule has 10 N–H and O–H groups in total. The average Bonchev–Trinajstić information content (AvgIpc) is 3.17. The molecule has 0 aliphatic carbocycles. The Hall–Kier alpha value is -7.38. The molecule has 2 aliphatic rings. The molecule has 0 radical (unpaired) electrons. The molecular formula is C36H28O19. The van der Waals surface area contributed by atoms with Gasteiger partial charge in [0.15, 0.2) is 58.6 Å². The SMILES string of the molecule is O=C(/C=C/c1ccccc1)O[C@@H]1O[C@@H]2COC(=O)c3cc(O)c(O)c(O)c3-c3c(cc(O)c(O)c3O)C(=O)O[C@H]2[C@H](OC(=O)c2cc(O)c(O)c(O)c2)[C@H]1O. The smallest absolute Gasteiger partial charge is 0.339 e. The van der Waals surface area contributed by atoms with Crippen LogP contribution in [-0.4, -0.2) is 112 Å². The number of phenolic OH excluding ortho intramolecular Hbond substituents is 9. The summed E-state index contributed by atoms with van der Waals surface area (Å²) in [5, 5.41) is 104. The van der Waals surface area contributed by atoms with E-state index in [2.05, 4.69) is 0 Å². The number of carbonyl (C=O) groups is 4. The van der Waals surface area contributed by atoms with Gasteiger partial charge in [-0.25, -0.2) is 19.2 Å². The van der Waals surface area contributed by atoms with Crippen LogP contribution in [0.4, 0.5) is 0 Å². The number of hydrogen-bond donors (Lipinski definition) is 10. The number of esters is 4. The van der Waals surface area contributed by atoms with Crippen molar-refractivity contribution in [2.45, 2.75) is 30.7 Å². The van der Waals surface area contributed by atoms with E-state index in [-0.39, 0.29) is 0 Å². The number of hydrogen-bond acceptors (Lipinski definition) is 19. The fourth-order valence-electron chi connectivity index (χ4n) is 5.74. The summed E-state index contributed by atoms with van der Waals surface area (Å²) < 4.78 is 27.3. The first-order valence-electron chi connectivity index (χ1n) is 15.7. The summed E-state index contributed by atoms with van der Waals surface area (Å²) in [6.45, 7) is -1.01. The van der Waals surface area contributed by atoms with Crippen molar-refractivity contribution in [3.05, 3.63) is 82.9 Å². The van der Waals surface area contributed by atoms with Gasteiger partial charge in [0, 0.05) is 17.2 Å². The lowest BCUT2D eigenvalue weighted by molar-refractivity contribution is -0.289. The van der Waals surface area contributed by atoms with Crippen molar-refractivity contribution in [1.29, 1.82) is 0 Å². The minimum atomic E-state index is -2.25. The predicted octanol–water partition coefficient (Wildman–Crippen LogP) is 1.97. The molecule has 0 spiro atoms. The van der Waals surface area contributed by atoms with Gasteiger partial charge in [0.25, 0.3) is 0 Å². The van der Waals surface area contributed by atoms with E-state index in [0.29, 0.717) is 29.8 Å². The second kappa shape index (κ2) is 14.6. The number of aliphatic hydroxyl groups excluding tert-OH is 1. The third-order valence-corrected chi connectivity index (χ3v) is 8.43. The van der Waals surface area contributed by atoms with Gasteiger partial charge in [-0.1, -0.05) is 30.3 Å². The minimum absolute atomic E-state index is 0.519. The van der Waals surface area contributed by atoms with Crippen LogP contribution in [0.25, 0.3) is 17.2 Å². The number of carbonyl (C=O) groups excluding carboxylic acids is 4. The Bertz CT molecular complexity index is 2220. The molecular weight excluding hydrogens is 736 g/mol. The van der Waals surface area contributed by atoms with E-state index in [1.807, 2.05) is 0 Å². The maximum absolute atomic E-state index is 14.0. The summed E-state index contributed by atoms with van der Waals surface area (Å²) in [4.78, 5) is 53.8. The quantitative estimate of drug-likeness (QED) is 0.0601. The molecule has 0 saturated carbocycles.